The Morgan fingerprint density at radius 2 is 1.89 bits per heavy atom. The molecule has 0 bridgehead atoms. The van der Waals surface area contributed by atoms with E-state index < -0.39 is 0 Å². The fourth-order valence-corrected chi connectivity index (χ4v) is 5.39. The van der Waals surface area contributed by atoms with Crippen molar-refractivity contribution >= 4 is 23.4 Å². The highest BCUT2D eigenvalue weighted by atomic mass is 16.2. The summed E-state index contributed by atoms with van der Waals surface area (Å²) in [5.74, 6) is 0.0242. The Labute approximate surface area is 217 Å². The van der Waals surface area contributed by atoms with E-state index >= 15 is 0 Å². The zero-order valence-corrected chi connectivity index (χ0v) is 21.9. The highest BCUT2D eigenvalue weighted by Gasteiger charge is 2.25. The third-order valence-corrected chi connectivity index (χ3v) is 7.75. The number of fused-ring (bicyclic) bond motifs is 2. The molecule has 190 valence electrons. The lowest BCUT2D eigenvalue weighted by atomic mass is 9.85. The van der Waals surface area contributed by atoms with Crippen molar-refractivity contribution in [3.63, 3.8) is 0 Å². The summed E-state index contributed by atoms with van der Waals surface area (Å²) < 4.78 is 1.89. The van der Waals surface area contributed by atoms with Gasteiger partial charge < -0.3 is 10.2 Å². The molecule has 0 saturated carbocycles. The van der Waals surface area contributed by atoms with Gasteiger partial charge in [0.05, 0.1) is 5.52 Å². The number of hydrogen-bond acceptors (Lipinski definition) is 4. The maximum atomic E-state index is 13.3. The lowest BCUT2D eigenvalue weighted by Crippen LogP contribution is -2.36. The van der Waals surface area contributed by atoms with Crippen LogP contribution in [0.4, 0.5) is 0 Å². The van der Waals surface area contributed by atoms with Crippen LogP contribution >= 0.6 is 0 Å². The Balaban J connectivity index is 1.47. The largest absolute Gasteiger partial charge is 0.358 e. The number of hydrogen-bond donors (Lipinski definition) is 1. The van der Waals surface area contributed by atoms with Crippen LogP contribution in [0.2, 0.25) is 0 Å². The van der Waals surface area contributed by atoms with E-state index in [1.807, 2.05) is 34.7 Å². The van der Waals surface area contributed by atoms with Crippen molar-refractivity contribution in [1.82, 2.24) is 25.2 Å². The molecule has 1 unspecified atom stereocenters. The van der Waals surface area contributed by atoms with E-state index in [4.69, 9.17) is 0 Å². The van der Waals surface area contributed by atoms with Crippen LogP contribution in [-0.4, -0.2) is 45.3 Å². The second-order valence-electron chi connectivity index (χ2n) is 9.94. The van der Waals surface area contributed by atoms with E-state index in [0.717, 1.165) is 63.8 Å². The van der Waals surface area contributed by atoms with Crippen molar-refractivity contribution in [2.75, 3.05) is 13.1 Å². The molecular formula is C30H33N5O2. The minimum absolute atomic E-state index is 0.0440. The van der Waals surface area contributed by atoms with Crippen molar-refractivity contribution in [3.05, 3.63) is 93.0 Å². The first-order valence-corrected chi connectivity index (χ1v) is 12.9. The summed E-state index contributed by atoms with van der Waals surface area (Å²) in [7, 11) is 0. The molecule has 37 heavy (non-hydrogen) atoms. The maximum Gasteiger partial charge on any atom is 0.254 e. The van der Waals surface area contributed by atoms with Crippen molar-refractivity contribution in [2.24, 2.45) is 0 Å². The maximum absolute atomic E-state index is 13.3. The minimum Gasteiger partial charge on any atom is -0.358 e. The van der Waals surface area contributed by atoms with Gasteiger partial charge in [-0.1, -0.05) is 35.5 Å². The Morgan fingerprint density at radius 1 is 1.05 bits per heavy atom. The van der Waals surface area contributed by atoms with E-state index in [9.17, 15) is 9.59 Å². The Morgan fingerprint density at radius 3 is 2.65 bits per heavy atom. The van der Waals surface area contributed by atoms with E-state index in [1.54, 1.807) is 0 Å². The standard InChI is InChI=1S/C30H33N5O2/c1-5-35-28-11-10-26(21(4)29(28)32-33-35)27(16-31-18-36)23-9-8-22-12-13-34(17-25(22)15-23)30(37)24-7-6-19(2)20(3)14-24/h6-11,14-15,18,27H,5,12-13,16-17H2,1-4H3,(H,31,36). The molecule has 0 fully saturated rings. The molecule has 2 amide bonds. The molecule has 0 radical (unpaired) electrons. The molecule has 3 aromatic carbocycles. The third kappa shape index (κ3) is 4.61. The van der Waals surface area contributed by atoms with Crippen molar-refractivity contribution in [1.29, 1.82) is 0 Å². The number of nitrogens with zero attached hydrogens (tertiary/aromatic N) is 4. The molecule has 0 saturated heterocycles. The molecule has 1 aliphatic rings. The molecule has 7 heteroatoms. The van der Waals surface area contributed by atoms with Gasteiger partial charge in [0.15, 0.2) is 0 Å². The van der Waals surface area contributed by atoms with Crippen LogP contribution in [0.15, 0.2) is 48.5 Å². The van der Waals surface area contributed by atoms with Gasteiger partial charge in [0, 0.05) is 37.7 Å². The second-order valence-corrected chi connectivity index (χ2v) is 9.94. The molecule has 0 spiro atoms. The van der Waals surface area contributed by atoms with Gasteiger partial charge >= 0.3 is 0 Å². The van der Waals surface area contributed by atoms with Crippen molar-refractivity contribution in [2.45, 2.75) is 53.1 Å². The van der Waals surface area contributed by atoms with Crippen molar-refractivity contribution < 1.29 is 9.59 Å². The van der Waals surface area contributed by atoms with Crippen LogP contribution in [0.1, 0.15) is 62.1 Å². The van der Waals surface area contributed by atoms with Gasteiger partial charge in [-0.25, -0.2) is 4.68 Å². The van der Waals surface area contributed by atoms with Gasteiger partial charge in [0.1, 0.15) is 5.52 Å². The van der Waals surface area contributed by atoms with Crippen LogP contribution in [0.5, 0.6) is 0 Å². The van der Waals surface area contributed by atoms with Gasteiger partial charge in [-0.3, -0.25) is 9.59 Å². The minimum atomic E-state index is -0.0440. The van der Waals surface area contributed by atoms with E-state index in [2.05, 4.69) is 66.7 Å². The SMILES string of the molecule is CCn1nnc2c(C)c(C(CNC=O)c3ccc4c(c3)CN(C(=O)c3ccc(C)c(C)c3)CC4)ccc21. The molecule has 5 rings (SSSR count). The Bertz CT molecular complexity index is 1490. The zero-order chi connectivity index (χ0) is 26.1. The summed E-state index contributed by atoms with van der Waals surface area (Å²) in [6.45, 7) is 10.7. The van der Waals surface area contributed by atoms with Crippen LogP contribution in [0.25, 0.3) is 11.0 Å². The van der Waals surface area contributed by atoms with Gasteiger partial charge in [0.2, 0.25) is 6.41 Å². The molecule has 2 heterocycles. The van der Waals surface area contributed by atoms with Gasteiger partial charge in [0.25, 0.3) is 5.91 Å². The predicted octanol–water partition coefficient (Wildman–Crippen LogP) is 4.45. The third-order valence-electron chi connectivity index (χ3n) is 7.75. The second kappa shape index (κ2) is 10.2. The molecule has 0 aliphatic carbocycles. The van der Waals surface area contributed by atoms with Gasteiger partial charge in [-0.2, -0.15) is 0 Å². The highest BCUT2D eigenvalue weighted by molar-refractivity contribution is 5.94. The number of aryl methyl sites for hydroxylation is 4. The van der Waals surface area contributed by atoms with E-state index in [1.165, 1.54) is 11.1 Å². The lowest BCUT2D eigenvalue weighted by molar-refractivity contribution is -0.109. The fourth-order valence-electron chi connectivity index (χ4n) is 5.39. The number of aromatic nitrogens is 3. The smallest absolute Gasteiger partial charge is 0.254 e. The molecule has 1 N–H and O–H groups in total. The van der Waals surface area contributed by atoms with Gasteiger partial charge in [-0.15, -0.1) is 5.10 Å². The van der Waals surface area contributed by atoms with Gasteiger partial charge in [-0.05, 0) is 91.3 Å². The summed E-state index contributed by atoms with van der Waals surface area (Å²) in [5.41, 5.74) is 10.7. The highest BCUT2D eigenvalue weighted by Crippen LogP contribution is 2.33. The number of carbonyl (C=O) groups excluding carboxylic acids is 2. The van der Waals surface area contributed by atoms with Crippen LogP contribution in [0, 0.1) is 20.8 Å². The number of rotatable bonds is 7. The summed E-state index contributed by atoms with van der Waals surface area (Å²) in [4.78, 5) is 26.5. The first-order valence-electron chi connectivity index (χ1n) is 12.9. The first-order chi connectivity index (χ1) is 17.9. The number of benzene rings is 3. The average Bonchev–Trinajstić information content (AvgIpc) is 3.34. The molecule has 1 atom stereocenters. The van der Waals surface area contributed by atoms with Crippen LogP contribution in [-0.2, 0) is 24.3 Å². The van der Waals surface area contributed by atoms with E-state index in [0.29, 0.717) is 19.6 Å². The van der Waals surface area contributed by atoms with Crippen LogP contribution < -0.4 is 5.32 Å². The number of carbonyl (C=O) groups is 2. The summed E-state index contributed by atoms with van der Waals surface area (Å²) in [6.07, 6.45) is 1.57. The first kappa shape index (κ1) is 24.7. The predicted molar refractivity (Wildman–Crippen MR) is 145 cm³/mol. The Hall–Kier alpha value is -4.00. The summed E-state index contributed by atoms with van der Waals surface area (Å²) in [5, 5.41) is 11.6. The zero-order valence-electron chi connectivity index (χ0n) is 21.9. The lowest BCUT2D eigenvalue weighted by Gasteiger charge is -2.30. The summed E-state index contributed by atoms with van der Waals surface area (Å²) in [6, 6.07) is 16.7. The Kier molecular flexibility index (Phi) is 6.78. The quantitative estimate of drug-likeness (QED) is 0.384. The fraction of sp³-hybridized carbons (Fsp3) is 0.333. The van der Waals surface area contributed by atoms with Crippen LogP contribution in [0.3, 0.4) is 0 Å². The summed E-state index contributed by atoms with van der Waals surface area (Å²) >= 11 is 0. The molecule has 1 aliphatic heterocycles. The van der Waals surface area contributed by atoms with Crippen molar-refractivity contribution in [3.8, 4) is 0 Å². The number of nitrogens with one attached hydrogen (secondary N) is 1. The topological polar surface area (TPSA) is 80.1 Å². The molecular weight excluding hydrogens is 462 g/mol. The molecule has 4 aromatic rings. The molecule has 7 nitrogen and oxygen atoms in total. The number of amides is 2. The monoisotopic (exact) mass is 495 g/mol. The normalized spacial score (nSPS) is 13.9. The average molecular weight is 496 g/mol. The molecule has 1 aromatic heterocycles. The van der Waals surface area contributed by atoms with E-state index in [-0.39, 0.29) is 11.8 Å².